The molecule has 1 aromatic heterocycles. The molecule has 2 aromatic rings. The Bertz CT molecular complexity index is 737. The molecular formula is C18H22N4O4. The van der Waals surface area contributed by atoms with Crippen molar-refractivity contribution >= 4 is 17.7 Å². The average Bonchev–Trinajstić information content (AvgIpc) is 2.61. The minimum Gasteiger partial charge on any atom is -0.450 e. The van der Waals surface area contributed by atoms with Gasteiger partial charge in [-0.05, 0) is 25.0 Å². The molecule has 1 atom stereocenters. The van der Waals surface area contributed by atoms with E-state index in [1.54, 1.807) is 37.4 Å². The van der Waals surface area contributed by atoms with E-state index in [-0.39, 0.29) is 18.4 Å². The minimum absolute atomic E-state index is 0.113. The minimum atomic E-state index is -0.724. The smallest absolute Gasteiger partial charge is 0.407 e. The van der Waals surface area contributed by atoms with E-state index >= 15 is 0 Å². The Morgan fingerprint density at radius 3 is 2.69 bits per heavy atom. The quantitative estimate of drug-likeness (QED) is 0.789. The summed E-state index contributed by atoms with van der Waals surface area (Å²) in [6.07, 6.45) is 3.94. The summed E-state index contributed by atoms with van der Waals surface area (Å²) in [5.74, 6) is 0.394. The number of nitrogens with zero attached hydrogens (tertiary/aromatic N) is 2. The summed E-state index contributed by atoms with van der Waals surface area (Å²) in [6, 6.07) is 6.14. The van der Waals surface area contributed by atoms with Gasteiger partial charge >= 0.3 is 6.09 Å². The Hall–Kier alpha value is -3.16. The Labute approximate surface area is 151 Å². The number of ether oxygens (including phenoxy) is 2. The molecule has 1 heterocycles. The van der Waals surface area contributed by atoms with Crippen molar-refractivity contribution in [2.45, 2.75) is 26.8 Å². The third-order valence-electron chi connectivity index (χ3n) is 3.36. The first-order chi connectivity index (χ1) is 12.5. The molecule has 2 rings (SSSR count). The van der Waals surface area contributed by atoms with Crippen LogP contribution in [-0.2, 0) is 9.53 Å². The van der Waals surface area contributed by atoms with Crippen LogP contribution in [-0.4, -0.2) is 34.6 Å². The van der Waals surface area contributed by atoms with Crippen molar-refractivity contribution in [1.82, 2.24) is 15.3 Å². The predicted molar refractivity (Wildman–Crippen MR) is 96.0 cm³/mol. The van der Waals surface area contributed by atoms with E-state index in [2.05, 4.69) is 20.6 Å². The van der Waals surface area contributed by atoms with Gasteiger partial charge < -0.3 is 20.1 Å². The standard InChI is InChI=1S/C18H22N4O4/c1-4-25-18(24)22-16(12(2)3)17(23)21-13-6-5-7-14(10-13)26-15-11-19-8-9-20-15/h5-12,16H,4H2,1-3H3,(H,21,23)(H,22,24). The molecule has 0 bridgehead atoms. The fourth-order valence-electron chi connectivity index (χ4n) is 2.15. The number of carbonyl (C=O) groups excluding carboxylic acids is 2. The van der Waals surface area contributed by atoms with Crippen LogP contribution in [0.4, 0.5) is 10.5 Å². The maximum atomic E-state index is 12.5. The fraction of sp³-hybridized carbons (Fsp3) is 0.333. The van der Waals surface area contributed by atoms with Gasteiger partial charge in [-0.1, -0.05) is 19.9 Å². The lowest BCUT2D eigenvalue weighted by molar-refractivity contribution is -0.119. The first kappa shape index (κ1) is 19.2. The second kappa shape index (κ2) is 9.36. The largest absolute Gasteiger partial charge is 0.450 e. The van der Waals surface area contributed by atoms with Gasteiger partial charge in [-0.3, -0.25) is 9.78 Å². The van der Waals surface area contributed by atoms with Crippen LogP contribution in [0.3, 0.4) is 0 Å². The van der Waals surface area contributed by atoms with Gasteiger partial charge in [-0.15, -0.1) is 0 Å². The molecule has 26 heavy (non-hydrogen) atoms. The first-order valence-corrected chi connectivity index (χ1v) is 8.27. The van der Waals surface area contributed by atoms with Gasteiger partial charge in [-0.2, -0.15) is 0 Å². The number of benzene rings is 1. The molecule has 0 fully saturated rings. The Balaban J connectivity index is 2.05. The molecule has 2 amide bonds. The number of hydrogen-bond donors (Lipinski definition) is 2. The maximum Gasteiger partial charge on any atom is 0.407 e. The van der Waals surface area contributed by atoms with E-state index in [1.165, 1.54) is 12.4 Å². The fourth-order valence-corrected chi connectivity index (χ4v) is 2.15. The Morgan fingerprint density at radius 1 is 1.23 bits per heavy atom. The summed E-state index contributed by atoms with van der Waals surface area (Å²) in [7, 11) is 0. The van der Waals surface area contributed by atoms with E-state index in [9.17, 15) is 9.59 Å². The van der Waals surface area contributed by atoms with Crippen LogP contribution in [0.1, 0.15) is 20.8 Å². The number of alkyl carbamates (subject to hydrolysis) is 1. The molecule has 0 aliphatic carbocycles. The van der Waals surface area contributed by atoms with Gasteiger partial charge in [0.25, 0.3) is 0 Å². The number of amides is 2. The maximum absolute atomic E-state index is 12.5. The highest BCUT2D eigenvalue weighted by Crippen LogP contribution is 2.22. The number of hydrogen-bond acceptors (Lipinski definition) is 6. The molecule has 0 spiro atoms. The molecular weight excluding hydrogens is 336 g/mol. The van der Waals surface area contributed by atoms with Crippen LogP contribution < -0.4 is 15.4 Å². The molecule has 1 unspecified atom stereocenters. The highest BCUT2D eigenvalue weighted by atomic mass is 16.5. The van der Waals surface area contributed by atoms with Gasteiger partial charge in [0.05, 0.1) is 12.8 Å². The van der Waals surface area contributed by atoms with Crippen LogP contribution in [0.5, 0.6) is 11.6 Å². The van der Waals surface area contributed by atoms with Crippen LogP contribution in [0.2, 0.25) is 0 Å². The predicted octanol–water partition coefficient (Wildman–Crippen LogP) is 2.98. The highest BCUT2D eigenvalue weighted by molar-refractivity contribution is 5.96. The third kappa shape index (κ3) is 5.73. The first-order valence-electron chi connectivity index (χ1n) is 8.27. The molecule has 8 nitrogen and oxygen atoms in total. The van der Waals surface area contributed by atoms with Gasteiger partial charge in [0.15, 0.2) is 0 Å². The van der Waals surface area contributed by atoms with Crippen molar-refractivity contribution in [2.75, 3.05) is 11.9 Å². The molecule has 2 N–H and O–H groups in total. The van der Waals surface area contributed by atoms with Gasteiger partial charge in [0.1, 0.15) is 11.8 Å². The summed E-state index contributed by atoms with van der Waals surface area (Å²) >= 11 is 0. The van der Waals surface area contributed by atoms with Crippen molar-refractivity contribution in [1.29, 1.82) is 0 Å². The van der Waals surface area contributed by atoms with Crippen molar-refractivity contribution < 1.29 is 19.1 Å². The van der Waals surface area contributed by atoms with E-state index in [0.29, 0.717) is 17.3 Å². The van der Waals surface area contributed by atoms with Crippen molar-refractivity contribution in [3.63, 3.8) is 0 Å². The molecule has 0 radical (unpaired) electrons. The average molecular weight is 358 g/mol. The van der Waals surface area contributed by atoms with Crippen molar-refractivity contribution in [3.05, 3.63) is 42.9 Å². The zero-order valence-electron chi connectivity index (χ0n) is 14.9. The summed E-state index contributed by atoms with van der Waals surface area (Å²) in [4.78, 5) is 32.1. The molecule has 0 aliphatic rings. The lowest BCUT2D eigenvalue weighted by atomic mass is 10.0. The zero-order chi connectivity index (χ0) is 18.9. The van der Waals surface area contributed by atoms with Crippen LogP contribution in [0, 0.1) is 5.92 Å². The third-order valence-corrected chi connectivity index (χ3v) is 3.36. The summed E-state index contributed by atoms with van der Waals surface area (Å²) in [5.41, 5.74) is 0.535. The second-order valence-corrected chi connectivity index (χ2v) is 5.75. The summed E-state index contributed by atoms with van der Waals surface area (Å²) in [5, 5.41) is 5.34. The topological polar surface area (TPSA) is 102 Å². The van der Waals surface area contributed by atoms with Crippen molar-refractivity contribution in [3.8, 4) is 11.6 Å². The number of anilines is 1. The number of rotatable bonds is 7. The molecule has 1 aromatic carbocycles. The Morgan fingerprint density at radius 2 is 2.04 bits per heavy atom. The van der Waals surface area contributed by atoms with Crippen molar-refractivity contribution in [2.24, 2.45) is 5.92 Å². The van der Waals surface area contributed by atoms with Gasteiger partial charge in [0, 0.05) is 24.1 Å². The molecule has 8 heteroatoms. The molecule has 138 valence electrons. The zero-order valence-corrected chi connectivity index (χ0v) is 14.9. The lowest BCUT2D eigenvalue weighted by Crippen LogP contribution is -2.47. The van der Waals surface area contributed by atoms with E-state index in [4.69, 9.17) is 9.47 Å². The van der Waals surface area contributed by atoms with Crippen LogP contribution in [0.15, 0.2) is 42.9 Å². The SMILES string of the molecule is CCOC(=O)NC(C(=O)Nc1cccc(Oc2cnccn2)c1)C(C)C. The summed E-state index contributed by atoms with van der Waals surface area (Å²) in [6.45, 7) is 5.61. The number of nitrogens with one attached hydrogen (secondary N) is 2. The molecule has 0 saturated carbocycles. The monoisotopic (exact) mass is 358 g/mol. The van der Waals surface area contributed by atoms with E-state index in [0.717, 1.165) is 0 Å². The van der Waals surface area contributed by atoms with Gasteiger partial charge in [0.2, 0.25) is 11.8 Å². The van der Waals surface area contributed by atoms with E-state index < -0.39 is 12.1 Å². The normalized spacial score (nSPS) is 11.5. The molecule has 0 saturated heterocycles. The van der Waals surface area contributed by atoms with Gasteiger partial charge in [-0.25, -0.2) is 9.78 Å². The Kier molecular flexibility index (Phi) is 6.90. The van der Waals surface area contributed by atoms with Crippen LogP contribution >= 0.6 is 0 Å². The second-order valence-electron chi connectivity index (χ2n) is 5.75. The number of carbonyl (C=O) groups is 2. The molecule has 0 aliphatic heterocycles. The van der Waals surface area contributed by atoms with E-state index in [1.807, 2.05) is 13.8 Å². The highest BCUT2D eigenvalue weighted by Gasteiger charge is 2.24. The summed E-state index contributed by atoms with van der Waals surface area (Å²) < 4.78 is 10.4. The number of aromatic nitrogens is 2. The lowest BCUT2D eigenvalue weighted by Gasteiger charge is -2.21. The van der Waals surface area contributed by atoms with Crippen LogP contribution in [0.25, 0.3) is 0 Å².